The van der Waals surface area contributed by atoms with Crippen molar-refractivity contribution in [3.63, 3.8) is 0 Å². The second kappa shape index (κ2) is 3.36. The lowest BCUT2D eigenvalue weighted by molar-refractivity contribution is 0.123. The van der Waals surface area contributed by atoms with Crippen molar-refractivity contribution < 1.29 is 4.39 Å². The number of halogens is 1. The van der Waals surface area contributed by atoms with Crippen molar-refractivity contribution in [2.75, 3.05) is 5.73 Å². The quantitative estimate of drug-likeness (QED) is 0.697. The van der Waals surface area contributed by atoms with Crippen LogP contribution in [0.3, 0.4) is 0 Å². The molecule has 13 heavy (non-hydrogen) atoms. The summed E-state index contributed by atoms with van der Waals surface area (Å²) in [4.78, 5) is 0. The summed E-state index contributed by atoms with van der Waals surface area (Å²) < 4.78 is 14.0. The Hall–Kier alpha value is -1.05. The Balaban J connectivity index is 3.01. The van der Waals surface area contributed by atoms with Crippen molar-refractivity contribution in [1.29, 1.82) is 0 Å². The van der Waals surface area contributed by atoms with Crippen LogP contribution in [-0.2, 0) is 5.67 Å². The van der Waals surface area contributed by atoms with Gasteiger partial charge in [-0.1, -0.05) is 26.0 Å². The van der Waals surface area contributed by atoms with Gasteiger partial charge >= 0.3 is 0 Å². The summed E-state index contributed by atoms with van der Waals surface area (Å²) in [5, 5.41) is 0. The maximum atomic E-state index is 14.0. The van der Waals surface area contributed by atoms with Crippen molar-refractivity contribution in [3.8, 4) is 0 Å². The van der Waals surface area contributed by atoms with E-state index in [-0.39, 0.29) is 5.92 Å². The number of alkyl halides is 1. The molecule has 0 saturated carbocycles. The van der Waals surface area contributed by atoms with E-state index in [2.05, 4.69) is 0 Å². The van der Waals surface area contributed by atoms with E-state index in [9.17, 15) is 4.39 Å². The number of nitrogen functional groups attached to an aromatic ring is 1. The molecular formula is C11H16FN. The Bertz CT molecular complexity index is 275. The lowest BCUT2D eigenvalue weighted by Crippen LogP contribution is -2.22. The summed E-state index contributed by atoms with van der Waals surface area (Å²) in [6.07, 6.45) is 0. The van der Waals surface area contributed by atoms with Gasteiger partial charge in [-0.05, 0) is 30.5 Å². The highest BCUT2D eigenvalue weighted by Crippen LogP contribution is 2.33. The second-order valence-electron chi connectivity index (χ2n) is 3.85. The Labute approximate surface area is 78.8 Å². The third-order valence-electron chi connectivity index (χ3n) is 2.56. The van der Waals surface area contributed by atoms with Gasteiger partial charge in [0.2, 0.25) is 0 Å². The van der Waals surface area contributed by atoms with Crippen LogP contribution in [0.1, 0.15) is 26.3 Å². The number of anilines is 1. The first-order chi connectivity index (χ1) is 5.94. The van der Waals surface area contributed by atoms with E-state index in [1.165, 1.54) is 0 Å². The highest BCUT2D eigenvalue weighted by Gasteiger charge is 2.29. The first-order valence-corrected chi connectivity index (χ1v) is 4.49. The lowest BCUT2D eigenvalue weighted by atomic mass is 9.87. The SMILES string of the molecule is CC(C)C(C)(F)c1ccc(N)cc1. The summed E-state index contributed by atoms with van der Waals surface area (Å²) in [5.41, 5.74) is 5.61. The molecular weight excluding hydrogens is 165 g/mol. The van der Waals surface area contributed by atoms with Crippen LogP contribution in [0.25, 0.3) is 0 Å². The summed E-state index contributed by atoms with van der Waals surface area (Å²) >= 11 is 0. The van der Waals surface area contributed by atoms with E-state index in [0.717, 1.165) is 0 Å². The van der Waals surface area contributed by atoms with Crippen LogP contribution in [0.4, 0.5) is 10.1 Å². The molecule has 0 amide bonds. The van der Waals surface area contributed by atoms with Crippen LogP contribution in [0.15, 0.2) is 24.3 Å². The number of nitrogens with two attached hydrogens (primary N) is 1. The third-order valence-corrected chi connectivity index (χ3v) is 2.56. The molecule has 1 atom stereocenters. The summed E-state index contributed by atoms with van der Waals surface area (Å²) in [7, 11) is 0. The molecule has 0 aromatic heterocycles. The first kappa shape index (κ1) is 10.0. The molecule has 1 nitrogen and oxygen atoms in total. The van der Waals surface area contributed by atoms with Crippen molar-refractivity contribution in [2.45, 2.75) is 26.4 Å². The molecule has 1 aromatic carbocycles. The topological polar surface area (TPSA) is 26.0 Å². The van der Waals surface area contributed by atoms with Crippen molar-refractivity contribution in [2.24, 2.45) is 5.92 Å². The van der Waals surface area contributed by atoms with Crippen molar-refractivity contribution in [1.82, 2.24) is 0 Å². The van der Waals surface area contributed by atoms with E-state index in [4.69, 9.17) is 5.73 Å². The largest absolute Gasteiger partial charge is 0.399 e. The van der Waals surface area contributed by atoms with Gasteiger partial charge in [-0.2, -0.15) is 0 Å². The van der Waals surface area contributed by atoms with Crippen LogP contribution in [-0.4, -0.2) is 0 Å². The van der Waals surface area contributed by atoms with Gasteiger partial charge in [-0.15, -0.1) is 0 Å². The average Bonchev–Trinajstić information content (AvgIpc) is 2.04. The molecule has 2 N–H and O–H groups in total. The van der Waals surface area contributed by atoms with Crippen LogP contribution in [0.5, 0.6) is 0 Å². The minimum atomic E-state index is -1.27. The molecule has 0 heterocycles. The smallest absolute Gasteiger partial charge is 0.135 e. The van der Waals surface area contributed by atoms with E-state index < -0.39 is 5.67 Å². The monoisotopic (exact) mass is 181 g/mol. The molecule has 72 valence electrons. The maximum absolute atomic E-state index is 14.0. The minimum absolute atomic E-state index is 0.0314. The molecule has 0 saturated heterocycles. The molecule has 0 aliphatic carbocycles. The fraction of sp³-hybridized carbons (Fsp3) is 0.455. The van der Waals surface area contributed by atoms with Crippen LogP contribution in [0, 0.1) is 5.92 Å². The second-order valence-corrected chi connectivity index (χ2v) is 3.85. The maximum Gasteiger partial charge on any atom is 0.135 e. The van der Waals surface area contributed by atoms with E-state index in [1.54, 1.807) is 31.2 Å². The fourth-order valence-corrected chi connectivity index (χ4v) is 1.14. The highest BCUT2D eigenvalue weighted by atomic mass is 19.1. The predicted octanol–water partition coefficient (Wildman–Crippen LogP) is 3.11. The molecule has 1 aromatic rings. The molecule has 2 heteroatoms. The van der Waals surface area contributed by atoms with E-state index in [1.807, 2.05) is 13.8 Å². The van der Waals surface area contributed by atoms with Gasteiger partial charge in [0.1, 0.15) is 5.67 Å². The zero-order valence-corrected chi connectivity index (χ0v) is 8.34. The van der Waals surface area contributed by atoms with Crippen LogP contribution >= 0.6 is 0 Å². The number of benzene rings is 1. The summed E-state index contributed by atoms with van der Waals surface area (Å²) in [6, 6.07) is 6.95. The molecule has 1 rings (SSSR count). The van der Waals surface area contributed by atoms with Gasteiger partial charge in [0, 0.05) is 5.69 Å². The Morgan fingerprint density at radius 2 is 1.69 bits per heavy atom. The Morgan fingerprint density at radius 1 is 1.23 bits per heavy atom. The van der Waals surface area contributed by atoms with Crippen LogP contribution < -0.4 is 5.73 Å². The highest BCUT2D eigenvalue weighted by molar-refractivity contribution is 5.40. The van der Waals surface area contributed by atoms with Crippen LogP contribution in [0.2, 0.25) is 0 Å². The third kappa shape index (κ3) is 2.00. The van der Waals surface area contributed by atoms with Gasteiger partial charge in [0.05, 0.1) is 0 Å². The molecule has 0 aliphatic rings. The summed E-state index contributed by atoms with van der Waals surface area (Å²) in [5.74, 6) is -0.0314. The minimum Gasteiger partial charge on any atom is -0.399 e. The molecule has 0 radical (unpaired) electrons. The van der Waals surface area contributed by atoms with E-state index in [0.29, 0.717) is 11.3 Å². The molecule has 0 bridgehead atoms. The normalized spacial score (nSPS) is 15.8. The van der Waals surface area contributed by atoms with Crippen molar-refractivity contribution in [3.05, 3.63) is 29.8 Å². The first-order valence-electron chi connectivity index (χ1n) is 4.49. The fourth-order valence-electron chi connectivity index (χ4n) is 1.14. The van der Waals surface area contributed by atoms with Crippen molar-refractivity contribution >= 4 is 5.69 Å². The molecule has 0 aliphatic heterocycles. The predicted molar refractivity (Wildman–Crippen MR) is 54.2 cm³/mol. The standard InChI is InChI=1S/C11H16FN/c1-8(2)11(3,12)9-4-6-10(13)7-5-9/h4-8H,13H2,1-3H3. The van der Waals surface area contributed by atoms with Gasteiger partial charge in [-0.25, -0.2) is 4.39 Å². The lowest BCUT2D eigenvalue weighted by Gasteiger charge is -2.25. The zero-order chi connectivity index (χ0) is 10.1. The number of hydrogen-bond acceptors (Lipinski definition) is 1. The Morgan fingerprint density at radius 3 is 2.08 bits per heavy atom. The van der Waals surface area contributed by atoms with Gasteiger partial charge < -0.3 is 5.73 Å². The summed E-state index contributed by atoms with van der Waals surface area (Å²) in [6.45, 7) is 5.34. The van der Waals surface area contributed by atoms with Gasteiger partial charge in [-0.3, -0.25) is 0 Å². The average molecular weight is 181 g/mol. The zero-order valence-electron chi connectivity index (χ0n) is 8.34. The number of rotatable bonds is 2. The molecule has 1 unspecified atom stereocenters. The number of hydrogen-bond donors (Lipinski definition) is 1. The van der Waals surface area contributed by atoms with Gasteiger partial charge in [0.15, 0.2) is 0 Å². The van der Waals surface area contributed by atoms with E-state index >= 15 is 0 Å². The van der Waals surface area contributed by atoms with Gasteiger partial charge in [0.25, 0.3) is 0 Å². The molecule has 0 fully saturated rings. The molecule has 0 spiro atoms. The Kier molecular flexibility index (Phi) is 2.60.